The molecule has 0 radical (unpaired) electrons. The van der Waals surface area contributed by atoms with Gasteiger partial charge in [-0.25, -0.2) is 4.98 Å². The molecule has 0 saturated carbocycles. The molecule has 2 aromatic heterocycles. The minimum Gasteiger partial charge on any atom is -0.310 e. The fourth-order valence-electron chi connectivity index (χ4n) is 3.28. The zero-order valence-corrected chi connectivity index (χ0v) is 14.3. The minimum absolute atomic E-state index is 0.0776. The van der Waals surface area contributed by atoms with Gasteiger partial charge in [-0.2, -0.15) is 0 Å². The molecule has 4 rings (SSSR count). The molecular weight excluding hydrogens is 310 g/mol. The molecule has 0 aliphatic rings. The zero-order valence-electron chi connectivity index (χ0n) is 14.3. The zero-order chi connectivity index (χ0) is 17.4. The van der Waals surface area contributed by atoms with Crippen molar-refractivity contribution in [1.29, 1.82) is 0 Å². The van der Waals surface area contributed by atoms with Crippen molar-refractivity contribution >= 4 is 11.0 Å². The summed E-state index contributed by atoms with van der Waals surface area (Å²) in [6.45, 7) is 4.01. The molecule has 0 fully saturated rings. The first-order valence-electron chi connectivity index (χ1n) is 8.35. The van der Waals surface area contributed by atoms with Gasteiger partial charge >= 0.3 is 0 Å². The summed E-state index contributed by atoms with van der Waals surface area (Å²) in [7, 11) is 0. The van der Waals surface area contributed by atoms with E-state index in [1.807, 2.05) is 74.5 Å². The summed E-state index contributed by atoms with van der Waals surface area (Å²) in [5.41, 5.74) is 4.79. The number of H-pyrrole nitrogens is 1. The van der Waals surface area contributed by atoms with E-state index in [9.17, 15) is 4.79 Å². The number of hydrogen-bond acceptors (Lipinski definition) is 2. The third-order valence-corrected chi connectivity index (χ3v) is 4.64. The van der Waals surface area contributed by atoms with E-state index in [-0.39, 0.29) is 5.56 Å². The lowest BCUT2D eigenvalue weighted by atomic mass is 10.1. The lowest BCUT2D eigenvalue weighted by Crippen LogP contribution is -2.13. The van der Waals surface area contributed by atoms with Crippen molar-refractivity contribution in [3.8, 4) is 5.69 Å². The van der Waals surface area contributed by atoms with Crippen LogP contribution in [0.2, 0.25) is 0 Å². The third kappa shape index (κ3) is 2.66. The SMILES string of the molecule is Cc1c(C)n(-c2ccccc2)c2nc(Cc3ccccc3)[nH]c(=O)c12. The lowest BCUT2D eigenvalue weighted by molar-refractivity contribution is 0.943. The third-order valence-electron chi connectivity index (χ3n) is 4.64. The van der Waals surface area contributed by atoms with Gasteiger partial charge in [-0.05, 0) is 37.1 Å². The van der Waals surface area contributed by atoms with Gasteiger partial charge in [-0.15, -0.1) is 0 Å². The molecule has 0 amide bonds. The van der Waals surface area contributed by atoms with E-state index in [0.29, 0.717) is 17.6 Å². The van der Waals surface area contributed by atoms with E-state index in [1.165, 1.54) is 0 Å². The van der Waals surface area contributed by atoms with E-state index in [2.05, 4.69) is 9.55 Å². The van der Waals surface area contributed by atoms with Crippen molar-refractivity contribution in [2.24, 2.45) is 0 Å². The van der Waals surface area contributed by atoms with Crippen LogP contribution in [-0.2, 0) is 6.42 Å². The van der Waals surface area contributed by atoms with Gasteiger partial charge in [0.2, 0.25) is 0 Å². The molecule has 124 valence electrons. The van der Waals surface area contributed by atoms with E-state index < -0.39 is 0 Å². The van der Waals surface area contributed by atoms with E-state index in [4.69, 9.17) is 4.98 Å². The average molecular weight is 329 g/mol. The van der Waals surface area contributed by atoms with Gasteiger partial charge in [-0.1, -0.05) is 48.5 Å². The van der Waals surface area contributed by atoms with Gasteiger partial charge in [0, 0.05) is 17.8 Å². The normalized spacial score (nSPS) is 11.1. The molecule has 0 aliphatic carbocycles. The van der Waals surface area contributed by atoms with Crippen LogP contribution in [0.1, 0.15) is 22.6 Å². The number of aromatic nitrogens is 3. The molecule has 0 unspecified atom stereocenters. The Morgan fingerprint density at radius 2 is 1.60 bits per heavy atom. The topological polar surface area (TPSA) is 50.7 Å². The first-order chi connectivity index (χ1) is 12.1. The summed E-state index contributed by atoms with van der Waals surface area (Å²) < 4.78 is 2.06. The Balaban J connectivity index is 1.94. The van der Waals surface area contributed by atoms with Crippen molar-refractivity contribution in [1.82, 2.24) is 14.5 Å². The first-order valence-corrected chi connectivity index (χ1v) is 8.35. The van der Waals surface area contributed by atoms with Gasteiger partial charge < -0.3 is 4.98 Å². The number of benzene rings is 2. The van der Waals surface area contributed by atoms with Crippen LogP contribution < -0.4 is 5.56 Å². The Hall–Kier alpha value is -3.14. The number of para-hydroxylation sites is 1. The maximum Gasteiger partial charge on any atom is 0.260 e. The van der Waals surface area contributed by atoms with Crippen molar-refractivity contribution in [3.05, 3.63) is 93.7 Å². The van der Waals surface area contributed by atoms with Crippen molar-refractivity contribution in [3.63, 3.8) is 0 Å². The van der Waals surface area contributed by atoms with Crippen LogP contribution in [0.25, 0.3) is 16.7 Å². The molecule has 1 N–H and O–H groups in total. The van der Waals surface area contributed by atoms with Crippen LogP contribution in [-0.4, -0.2) is 14.5 Å². The predicted molar refractivity (Wildman–Crippen MR) is 100 cm³/mol. The van der Waals surface area contributed by atoms with Crippen LogP contribution in [0.4, 0.5) is 0 Å². The van der Waals surface area contributed by atoms with Crippen molar-refractivity contribution in [2.45, 2.75) is 20.3 Å². The maximum absolute atomic E-state index is 12.7. The number of nitrogens with zero attached hydrogens (tertiary/aromatic N) is 2. The van der Waals surface area contributed by atoms with Crippen LogP contribution in [0.3, 0.4) is 0 Å². The fourth-order valence-corrected chi connectivity index (χ4v) is 3.28. The van der Waals surface area contributed by atoms with Crippen LogP contribution in [0.15, 0.2) is 65.5 Å². The van der Waals surface area contributed by atoms with E-state index in [0.717, 1.165) is 28.2 Å². The highest BCUT2D eigenvalue weighted by molar-refractivity contribution is 5.83. The second-order valence-electron chi connectivity index (χ2n) is 6.25. The van der Waals surface area contributed by atoms with Gasteiger partial charge in [0.15, 0.2) is 5.65 Å². The summed E-state index contributed by atoms with van der Waals surface area (Å²) >= 11 is 0. The maximum atomic E-state index is 12.7. The summed E-state index contributed by atoms with van der Waals surface area (Å²) in [5.74, 6) is 0.679. The summed E-state index contributed by atoms with van der Waals surface area (Å²) in [4.78, 5) is 20.4. The Morgan fingerprint density at radius 3 is 2.28 bits per heavy atom. The smallest absolute Gasteiger partial charge is 0.260 e. The molecule has 0 atom stereocenters. The number of fused-ring (bicyclic) bond motifs is 1. The summed E-state index contributed by atoms with van der Waals surface area (Å²) in [5, 5.41) is 0.665. The molecule has 0 saturated heterocycles. The average Bonchev–Trinajstić information content (AvgIpc) is 2.88. The van der Waals surface area contributed by atoms with Crippen LogP contribution >= 0.6 is 0 Å². The highest BCUT2D eigenvalue weighted by Gasteiger charge is 2.17. The highest BCUT2D eigenvalue weighted by atomic mass is 16.1. The Labute approximate surface area is 145 Å². The molecule has 2 heterocycles. The minimum atomic E-state index is -0.0776. The van der Waals surface area contributed by atoms with Crippen LogP contribution in [0.5, 0.6) is 0 Å². The number of aromatic amines is 1. The Kier molecular flexibility index (Phi) is 3.73. The van der Waals surface area contributed by atoms with Gasteiger partial charge in [-0.3, -0.25) is 9.36 Å². The summed E-state index contributed by atoms with van der Waals surface area (Å²) in [6, 6.07) is 20.1. The largest absolute Gasteiger partial charge is 0.310 e. The molecule has 2 aromatic carbocycles. The number of rotatable bonds is 3. The Bertz CT molecular complexity index is 1090. The predicted octanol–water partition coefficient (Wildman–Crippen LogP) is 3.92. The number of hydrogen-bond donors (Lipinski definition) is 1. The Morgan fingerprint density at radius 1 is 0.960 bits per heavy atom. The molecule has 0 spiro atoms. The van der Waals surface area contributed by atoms with Gasteiger partial charge in [0.25, 0.3) is 5.56 Å². The molecule has 4 heteroatoms. The fraction of sp³-hybridized carbons (Fsp3) is 0.143. The van der Waals surface area contributed by atoms with E-state index in [1.54, 1.807) is 0 Å². The number of nitrogens with one attached hydrogen (secondary N) is 1. The molecule has 4 aromatic rings. The molecule has 25 heavy (non-hydrogen) atoms. The molecule has 4 nitrogen and oxygen atoms in total. The molecular formula is C21H19N3O. The molecule has 0 bridgehead atoms. The van der Waals surface area contributed by atoms with Crippen LogP contribution in [0, 0.1) is 13.8 Å². The quantitative estimate of drug-likeness (QED) is 0.619. The standard InChI is InChI=1S/C21H19N3O/c1-14-15(2)24(17-11-7-4-8-12-17)20-19(14)21(25)23-18(22-20)13-16-9-5-3-6-10-16/h3-12H,13H2,1-2H3,(H,22,23,25). The van der Waals surface area contributed by atoms with Gasteiger partial charge in [0.1, 0.15) is 5.82 Å². The highest BCUT2D eigenvalue weighted by Crippen LogP contribution is 2.25. The van der Waals surface area contributed by atoms with E-state index >= 15 is 0 Å². The van der Waals surface area contributed by atoms with Crippen molar-refractivity contribution < 1.29 is 0 Å². The number of aryl methyl sites for hydroxylation is 1. The first kappa shape index (κ1) is 15.4. The second kappa shape index (κ2) is 6.06. The monoisotopic (exact) mass is 329 g/mol. The van der Waals surface area contributed by atoms with Gasteiger partial charge in [0.05, 0.1) is 5.39 Å². The lowest BCUT2D eigenvalue weighted by Gasteiger charge is -2.08. The molecule has 0 aliphatic heterocycles. The second-order valence-corrected chi connectivity index (χ2v) is 6.25. The summed E-state index contributed by atoms with van der Waals surface area (Å²) in [6.07, 6.45) is 0.601. The van der Waals surface area contributed by atoms with Crippen molar-refractivity contribution in [2.75, 3.05) is 0 Å².